The van der Waals surface area contributed by atoms with E-state index in [4.69, 9.17) is 5.73 Å². The van der Waals surface area contributed by atoms with E-state index in [1.807, 2.05) is 18.7 Å². The summed E-state index contributed by atoms with van der Waals surface area (Å²) in [6.45, 7) is 6.25. The normalized spacial score (nSPS) is 12.3. The molecule has 0 spiro atoms. The molecule has 1 nitrogen and oxygen atoms in total. The lowest BCUT2D eigenvalue weighted by atomic mass is 10.1. The Labute approximate surface area is 96.8 Å². The minimum absolute atomic E-state index is 0.127. The Morgan fingerprint density at radius 3 is 2.40 bits per heavy atom. The first kappa shape index (κ1) is 12.3. The average Bonchev–Trinajstić information content (AvgIpc) is 2.18. The van der Waals surface area contributed by atoms with Crippen LogP contribution < -0.4 is 5.73 Å². The molecular weight excluding hydrogens is 202 g/mol. The maximum Gasteiger partial charge on any atom is 0.0266 e. The Hall–Kier alpha value is -0.730. The van der Waals surface area contributed by atoms with Crippen LogP contribution in [0.1, 0.15) is 32.4 Å². The van der Waals surface area contributed by atoms with Gasteiger partial charge in [-0.15, -0.1) is 11.8 Å². The van der Waals surface area contributed by atoms with Crippen LogP contribution in [0, 0.1) is 0 Å². The first-order chi connectivity index (χ1) is 7.09. The van der Waals surface area contributed by atoms with Gasteiger partial charge in [0, 0.05) is 16.7 Å². The molecule has 1 aromatic rings. The number of allylic oxidation sites excluding steroid dienone is 1. The van der Waals surface area contributed by atoms with Gasteiger partial charge in [0.1, 0.15) is 0 Å². The van der Waals surface area contributed by atoms with Crippen LogP contribution in [0.25, 0.3) is 0 Å². The van der Waals surface area contributed by atoms with E-state index in [9.17, 15) is 0 Å². The van der Waals surface area contributed by atoms with Crippen LogP contribution in [0.3, 0.4) is 0 Å². The van der Waals surface area contributed by atoms with Gasteiger partial charge in [-0.25, -0.2) is 0 Å². The van der Waals surface area contributed by atoms with Crippen molar-refractivity contribution in [2.24, 2.45) is 5.73 Å². The lowest BCUT2D eigenvalue weighted by molar-refractivity contribution is 0.817. The summed E-state index contributed by atoms with van der Waals surface area (Å²) < 4.78 is 0. The van der Waals surface area contributed by atoms with Crippen molar-refractivity contribution < 1.29 is 0 Å². The Bertz CT molecular complexity index is 321. The second kappa shape index (κ2) is 5.99. The van der Waals surface area contributed by atoms with Gasteiger partial charge in [-0.2, -0.15) is 0 Å². The molecule has 0 aliphatic rings. The molecule has 1 aromatic carbocycles. The van der Waals surface area contributed by atoms with Crippen LogP contribution in [0.2, 0.25) is 0 Å². The van der Waals surface area contributed by atoms with E-state index < -0.39 is 0 Å². The summed E-state index contributed by atoms with van der Waals surface area (Å²) >= 11 is 1.85. The number of benzene rings is 1. The van der Waals surface area contributed by atoms with Crippen molar-refractivity contribution in [1.29, 1.82) is 0 Å². The van der Waals surface area contributed by atoms with Gasteiger partial charge in [0.05, 0.1) is 0 Å². The zero-order valence-electron chi connectivity index (χ0n) is 9.66. The molecule has 1 unspecified atom stereocenters. The zero-order valence-corrected chi connectivity index (χ0v) is 10.5. The molecule has 0 fully saturated rings. The summed E-state index contributed by atoms with van der Waals surface area (Å²) in [5, 5.41) is 0. The fraction of sp³-hybridized carbons (Fsp3) is 0.385. The van der Waals surface area contributed by atoms with Gasteiger partial charge >= 0.3 is 0 Å². The lowest BCUT2D eigenvalue weighted by Crippen LogP contribution is -2.04. The van der Waals surface area contributed by atoms with Crippen molar-refractivity contribution in [3.8, 4) is 0 Å². The lowest BCUT2D eigenvalue weighted by Gasteiger charge is -2.06. The van der Waals surface area contributed by atoms with E-state index in [1.165, 1.54) is 16.0 Å². The highest BCUT2D eigenvalue weighted by Gasteiger charge is 1.98. The van der Waals surface area contributed by atoms with Gasteiger partial charge in [-0.05, 0) is 38.5 Å². The van der Waals surface area contributed by atoms with Crippen molar-refractivity contribution in [3.63, 3.8) is 0 Å². The maximum atomic E-state index is 5.79. The number of rotatable bonds is 4. The van der Waals surface area contributed by atoms with Crippen LogP contribution in [0.4, 0.5) is 0 Å². The SMILES string of the molecule is CC(C)=CCSc1ccc(C(C)N)cc1. The summed E-state index contributed by atoms with van der Waals surface area (Å²) in [5.74, 6) is 1.04. The summed E-state index contributed by atoms with van der Waals surface area (Å²) in [7, 11) is 0. The predicted octanol–water partition coefficient (Wildman–Crippen LogP) is 3.76. The first-order valence-electron chi connectivity index (χ1n) is 5.21. The van der Waals surface area contributed by atoms with Gasteiger partial charge in [0.25, 0.3) is 0 Å². The van der Waals surface area contributed by atoms with Crippen LogP contribution in [0.15, 0.2) is 40.8 Å². The van der Waals surface area contributed by atoms with Crippen molar-refractivity contribution in [3.05, 3.63) is 41.5 Å². The minimum Gasteiger partial charge on any atom is -0.324 e. The van der Waals surface area contributed by atoms with Crippen molar-refractivity contribution in [1.82, 2.24) is 0 Å². The molecule has 82 valence electrons. The van der Waals surface area contributed by atoms with Gasteiger partial charge in [-0.3, -0.25) is 0 Å². The second-order valence-electron chi connectivity index (χ2n) is 3.95. The van der Waals surface area contributed by atoms with Crippen molar-refractivity contribution >= 4 is 11.8 Å². The molecule has 0 bridgehead atoms. The summed E-state index contributed by atoms with van der Waals surface area (Å²) in [4.78, 5) is 1.30. The summed E-state index contributed by atoms with van der Waals surface area (Å²) in [5.41, 5.74) is 8.35. The molecular formula is C13H19NS. The smallest absolute Gasteiger partial charge is 0.0266 e. The van der Waals surface area contributed by atoms with Gasteiger partial charge in [-0.1, -0.05) is 23.8 Å². The molecule has 0 saturated heterocycles. The number of thioether (sulfide) groups is 1. The molecule has 1 rings (SSSR count). The molecule has 15 heavy (non-hydrogen) atoms. The third kappa shape index (κ3) is 4.54. The van der Waals surface area contributed by atoms with E-state index in [0.29, 0.717) is 0 Å². The number of nitrogens with two attached hydrogens (primary N) is 1. The third-order valence-electron chi connectivity index (χ3n) is 2.15. The van der Waals surface area contributed by atoms with Crippen LogP contribution in [-0.2, 0) is 0 Å². The van der Waals surface area contributed by atoms with Crippen molar-refractivity contribution in [2.45, 2.75) is 31.7 Å². The quantitative estimate of drug-likeness (QED) is 0.619. The standard InChI is InChI=1S/C13H19NS/c1-10(2)8-9-15-13-6-4-12(5-7-13)11(3)14/h4-8,11H,9,14H2,1-3H3. The zero-order chi connectivity index (χ0) is 11.3. The van der Waals surface area contributed by atoms with Gasteiger partial charge < -0.3 is 5.73 Å². The second-order valence-corrected chi connectivity index (χ2v) is 5.04. The predicted molar refractivity (Wildman–Crippen MR) is 69.2 cm³/mol. The first-order valence-corrected chi connectivity index (χ1v) is 6.20. The molecule has 0 aromatic heterocycles. The molecule has 0 aliphatic carbocycles. The highest BCUT2D eigenvalue weighted by molar-refractivity contribution is 7.99. The molecule has 2 heteroatoms. The fourth-order valence-corrected chi connectivity index (χ4v) is 2.11. The van der Waals surface area contributed by atoms with Crippen molar-refractivity contribution in [2.75, 3.05) is 5.75 Å². The molecule has 0 amide bonds. The third-order valence-corrected chi connectivity index (χ3v) is 3.09. The average molecular weight is 221 g/mol. The largest absolute Gasteiger partial charge is 0.324 e. The van der Waals surface area contributed by atoms with Crippen LogP contribution in [-0.4, -0.2) is 5.75 Å². The minimum atomic E-state index is 0.127. The molecule has 0 radical (unpaired) electrons. The number of hydrogen-bond acceptors (Lipinski definition) is 2. The monoisotopic (exact) mass is 221 g/mol. The molecule has 2 N–H and O–H groups in total. The maximum absolute atomic E-state index is 5.79. The summed E-state index contributed by atoms with van der Waals surface area (Å²) in [6, 6.07) is 8.62. The summed E-state index contributed by atoms with van der Waals surface area (Å²) in [6.07, 6.45) is 2.24. The fourth-order valence-electron chi connectivity index (χ4n) is 1.17. The number of hydrogen-bond donors (Lipinski definition) is 1. The highest BCUT2D eigenvalue weighted by atomic mass is 32.2. The van der Waals surface area contributed by atoms with Crippen LogP contribution in [0.5, 0.6) is 0 Å². The Morgan fingerprint density at radius 2 is 1.93 bits per heavy atom. The molecule has 0 saturated carbocycles. The molecule has 1 atom stereocenters. The van der Waals surface area contributed by atoms with Gasteiger partial charge in [0.2, 0.25) is 0 Å². The van der Waals surface area contributed by atoms with E-state index in [2.05, 4.69) is 44.2 Å². The Kier molecular flexibility index (Phi) is 4.92. The highest BCUT2D eigenvalue weighted by Crippen LogP contribution is 2.20. The van der Waals surface area contributed by atoms with Crippen LogP contribution >= 0.6 is 11.8 Å². The van der Waals surface area contributed by atoms with E-state index >= 15 is 0 Å². The van der Waals surface area contributed by atoms with E-state index in [1.54, 1.807) is 0 Å². The topological polar surface area (TPSA) is 26.0 Å². The van der Waals surface area contributed by atoms with E-state index in [0.717, 1.165) is 5.75 Å². The molecule has 0 aliphatic heterocycles. The Morgan fingerprint density at radius 1 is 1.33 bits per heavy atom. The van der Waals surface area contributed by atoms with Gasteiger partial charge in [0.15, 0.2) is 0 Å². The Balaban J connectivity index is 2.53. The molecule has 0 heterocycles. The van der Waals surface area contributed by atoms with E-state index in [-0.39, 0.29) is 6.04 Å².